The molecule has 1 fully saturated rings. The fraction of sp³-hybridized carbons (Fsp3) is 0.353. The van der Waals surface area contributed by atoms with Crippen LogP contribution in [-0.2, 0) is 6.54 Å². The highest BCUT2D eigenvalue weighted by atomic mass is 32.1. The number of rotatable bonds is 4. The van der Waals surface area contributed by atoms with Gasteiger partial charge in [-0.05, 0) is 25.2 Å². The van der Waals surface area contributed by atoms with Gasteiger partial charge in [0.2, 0.25) is 5.89 Å². The number of hydrogen-bond donors (Lipinski definition) is 0. The van der Waals surface area contributed by atoms with E-state index in [1.807, 2.05) is 6.07 Å². The first-order valence-electron chi connectivity index (χ1n) is 8.13. The number of benzene rings is 1. The highest BCUT2D eigenvalue weighted by molar-refractivity contribution is 7.15. The van der Waals surface area contributed by atoms with Gasteiger partial charge in [0.25, 0.3) is 5.69 Å². The van der Waals surface area contributed by atoms with Gasteiger partial charge < -0.3 is 9.32 Å². The van der Waals surface area contributed by atoms with Gasteiger partial charge in [-0.2, -0.15) is 0 Å². The first-order valence-corrected chi connectivity index (χ1v) is 8.95. The molecule has 7 nitrogen and oxygen atoms in total. The smallest absolute Gasteiger partial charge is 0.271 e. The Labute approximate surface area is 148 Å². The van der Waals surface area contributed by atoms with Crippen molar-refractivity contribution in [2.24, 2.45) is 0 Å². The monoisotopic (exact) mass is 358 g/mol. The van der Waals surface area contributed by atoms with Crippen LogP contribution in [0.3, 0.4) is 0 Å². The molecule has 0 aliphatic carbocycles. The van der Waals surface area contributed by atoms with E-state index in [0.29, 0.717) is 17.0 Å². The molecular formula is C17H18N4O3S. The van der Waals surface area contributed by atoms with E-state index in [4.69, 9.17) is 4.42 Å². The molecule has 0 bridgehead atoms. The first kappa shape index (κ1) is 16.2. The zero-order chi connectivity index (χ0) is 17.4. The van der Waals surface area contributed by atoms with Gasteiger partial charge in [0.05, 0.1) is 9.80 Å². The Morgan fingerprint density at radius 1 is 1.24 bits per heavy atom. The molecule has 3 heterocycles. The molecule has 130 valence electrons. The first-order chi connectivity index (χ1) is 12.1. The van der Waals surface area contributed by atoms with E-state index in [2.05, 4.69) is 27.9 Å². The molecule has 1 aromatic carbocycles. The molecular weight excluding hydrogens is 340 g/mol. The number of nitrogens with zero attached hydrogens (tertiary/aromatic N) is 4. The van der Waals surface area contributed by atoms with E-state index in [1.165, 1.54) is 17.0 Å². The number of oxazole rings is 1. The van der Waals surface area contributed by atoms with Crippen molar-refractivity contribution in [1.29, 1.82) is 0 Å². The molecule has 25 heavy (non-hydrogen) atoms. The Bertz CT molecular complexity index is 912. The highest BCUT2D eigenvalue weighted by Crippen LogP contribution is 2.32. The van der Waals surface area contributed by atoms with Crippen molar-refractivity contribution in [3.05, 3.63) is 45.3 Å². The molecule has 1 aliphatic heterocycles. The average molecular weight is 358 g/mol. The van der Waals surface area contributed by atoms with Crippen LogP contribution in [0, 0.1) is 10.1 Å². The number of piperazine rings is 1. The molecule has 0 amide bonds. The van der Waals surface area contributed by atoms with Gasteiger partial charge in [-0.1, -0.05) is 0 Å². The number of hydrogen-bond acceptors (Lipinski definition) is 7. The largest absolute Gasteiger partial charge is 0.435 e. The fourth-order valence-electron chi connectivity index (χ4n) is 2.94. The third-order valence-electron chi connectivity index (χ3n) is 4.43. The minimum absolute atomic E-state index is 0.0225. The predicted molar refractivity (Wildman–Crippen MR) is 96.8 cm³/mol. The minimum Gasteiger partial charge on any atom is -0.435 e. The van der Waals surface area contributed by atoms with Gasteiger partial charge in [0, 0.05) is 49.7 Å². The lowest BCUT2D eigenvalue weighted by molar-refractivity contribution is -0.384. The third kappa shape index (κ3) is 3.41. The Balaban J connectivity index is 1.53. The second-order valence-electron chi connectivity index (χ2n) is 6.27. The maximum Gasteiger partial charge on any atom is 0.271 e. The quantitative estimate of drug-likeness (QED) is 0.526. The molecule has 2 aromatic heterocycles. The Morgan fingerprint density at radius 2 is 2.04 bits per heavy atom. The Morgan fingerprint density at radius 3 is 2.80 bits per heavy atom. The second-order valence-corrected chi connectivity index (χ2v) is 7.44. The van der Waals surface area contributed by atoms with E-state index in [0.717, 1.165) is 37.6 Å². The lowest BCUT2D eigenvalue weighted by Crippen LogP contribution is -2.43. The number of nitro benzene ring substituents is 1. The van der Waals surface area contributed by atoms with Crippen LogP contribution in [0.25, 0.3) is 21.9 Å². The molecule has 0 spiro atoms. The molecule has 0 atom stereocenters. The van der Waals surface area contributed by atoms with Crippen LogP contribution in [-0.4, -0.2) is 52.9 Å². The molecule has 4 rings (SSSR count). The summed E-state index contributed by atoms with van der Waals surface area (Å²) in [6, 6.07) is 8.60. The van der Waals surface area contributed by atoms with Gasteiger partial charge in [-0.15, -0.1) is 11.3 Å². The molecule has 1 aliphatic rings. The summed E-state index contributed by atoms with van der Waals surface area (Å²) < 4.78 is 5.76. The van der Waals surface area contributed by atoms with E-state index >= 15 is 0 Å². The van der Waals surface area contributed by atoms with Gasteiger partial charge in [-0.3, -0.25) is 15.0 Å². The highest BCUT2D eigenvalue weighted by Gasteiger charge is 2.17. The van der Waals surface area contributed by atoms with Crippen molar-refractivity contribution in [1.82, 2.24) is 14.8 Å². The normalized spacial score (nSPS) is 16.5. The van der Waals surface area contributed by atoms with Crippen molar-refractivity contribution in [3.63, 3.8) is 0 Å². The molecule has 0 N–H and O–H groups in total. The Hall–Kier alpha value is -2.29. The number of likely N-dealkylation sites (N-methyl/N-ethyl adjacent to an activating group) is 1. The van der Waals surface area contributed by atoms with Gasteiger partial charge in [0.1, 0.15) is 5.52 Å². The van der Waals surface area contributed by atoms with E-state index in [1.54, 1.807) is 17.4 Å². The lowest BCUT2D eigenvalue weighted by atomic mass is 10.3. The van der Waals surface area contributed by atoms with Gasteiger partial charge in [-0.25, -0.2) is 4.98 Å². The molecule has 0 saturated carbocycles. The predicted octanol–water partition coefficient (Wildman–Crippen LogP) is 3.21. The van der Waals surface area contributed by atoms with Crippen LogP contribution in [0.4, 0.5) is 5.69 Å². The van der Waals surface area contributed by atoms with E-state index in [9.17, 15) is 10.1 Å². The molecule has 1 saturated heterocycles. The number of nitro groups is 1. The lowest BCUT2D eigenvalue weighted by Gasteiger charge is -2.31. The standard InChI is InChI=1S/C17H18N4O3S/c1-19-6-8-20(9-7-19)11-13-3-5-16(25-13)17-18-14-10-12(21(22)23)2-4-15(14)24-17/h2-5,10H,6-9,11H2,1H3. The summed E-state index contributed by atoms with van der Waals surface area (Å²) >= 11 is 1.66. The van der Waals surface area contributed by atoms with Gasteiger partial charge >= 0.3 is 0 Å². The summed E-state index contributed by atoms with van der Waals surface area (Å²) in [5.74, 6) is 0.519. The summed E-state index contributed by atoms with van der Waals surface area (Å²) in [5.41, 5.74) is 1.10. The van der Waals surface area contributed by atoms with E-state index < -0.39 is 4.92 Å². The topological polar surface area (TPSA) is 75.7 Å². The average Bonchev–Trinajstić information content (AvgIpc) is 3.22. The maximum atomic E-state index is 10.9. The summed E-state index contributed by atoms with van der Waals surface area (Å²) in [7, 11) is 2.15. The second kappa shape index (κ2) is 6.55. The summed E-state index contributed by atoms with van der Waals surface area (Å²) in [6.45, 7) is 5.29. The molecule has 0 unspecified atom stereocenters. The van der Waals surface area contributed by atoms with Crippen molar-refractivity contribution in [2.75, 3.05) is 33.2 Å². The van der Waals surface area contributed by atoms with Crippen LogP contribution in [0.2, 0.25) is 0 Å². The van der Waals surface area contributed by atoms with Crippen molar-refractivity contribution >= 4 is 28.1 Å². The molecule has 3 aromatic rings. The van der Waals surface area contributed by atoms with Crippen LogP contribution in [0.5, 0.6) is 0 Å². The zero-order valence-electron chi connectivity index (χ0n) is 13.8. The van der Waals surface area contributed by atoms with Crippen LogP contribution >= 0.6 is 11.3 Å². The maximum absolute atomic E-state index is 10.9. The van der Waals surface area contributed by atoms with E-state index in [-0.39, 0.29) is 5.69 Å². The zero-order valence-corrected chi connectivity index (χ0v) is 14.7. The van der Waals surface area contributed by atoms with Crippen LogP contribution in [0.1, 0.15) is 4.88 Å². The number of aromatic nitrogens is 1. The van der Waals surface area contributed by atoms with Crippen LogP contribution < -0.4 is 0 Å². The van der Waals surface area contributed by atoms with Crippen molar-refractivity contribution in [2.45, 2.75) is 6.54 Å². The third-order valence-corrected chi connectivity index (χ3v) is 5.49. The number of non-ortho nitro benzene ring substituents is 1. The summed E-state index contributed by atoms with van der Waals surface area (Å²) in [4.78, 5) is 21.9. The molecule has 0 radical (unpaired) electrons. The minimum atomic E-state index is -0.424. The Kier molecular flexibility index (Phi) is 4.24. The fourth-order valence-corrected chi connectivity index (χ4v) is 3.92. The van der Waals surface area contributed by atoms with Crippen molar-refractivity contribution in [3.8, 4) is 10.8 Å². The van der Waals surface area contributed by atoms with Crippen molar-refractivity contribution < 1.29 is 9.34 Å². The number of fused-ring (bicyclic) bond motifs is 1. The van der Waals surface area contributed by atoms with Gasteiger partial charge in [0.15, 0.2) is 5.58 Å². The summed E-state index contributed by atoms with van der Waals surface area (Å²) in [5, 5.41) is 10.9. The molecule has 8 heteroatoms. The summed E-state index contributed by atoms with van der Waals surface area (Å²) in [6.07, 6.45) is 0. The SMILES string of the molecule is CN1CCN(Cc2ccc(-c3nc4cc([N+](=O)[O-])ccc4o3)s2)CC1. The van der Waals surface area contributed by atoms with Crippen LogP contribution in [0.15, 0.2) is 34.7 Å². The number of thiophene rings is 1.